The average molecular weight is 277 g/mol. The van der Waals surface area contributed by atoms with E-state index in [-0.39, 0.29) is 5.60 Å². The second-order valence-corrected chi connectivity index (χ2v) is 4.82. The number of alkyl halides is 1. The van der Waals surface area contributed by atoms with E-state index in [9.17, 15) is 0 Å². The van der Waals surface area contributed by atoms with Gasteiger partial charge in [-0.05, 0) is 19.3 Å². The van der Waals surface area contributed by atoms with Gasteiger partial charge in [0.1, 0.15) is 0 Å². The van der Waals surface area contributed by atoms with Crippen molar-refractivity contribution in [3.05, 3.63) is 11.9 Å². The third kappa shape index (κ3) is 2.32. The van der Waals surface area contributed by atoms with Crippen LogP contribution in [0.15, 0.2) is 6.20 Å². The van der Waals surface area contributed by atoms with Gasteiger partial charge in [0.2, 0.25) is 0 Å². The first-order chi connectivity index (χ1) is 6.85. The molecule has 5 heteroatoms. The Labute approximate surface area is 96.3 Å². The molecule has 1 aliphatic rings. The Morgan fingerprint density at radius 2 is 2.50 bits per heavy atom. The number of halogens is 1. The summed E-state index contributed by atoms with van der Waals surface area (Å²) in [5.41, 5.74) is 1.02. The third-order valence-corrected chi connectivity index (χ3v) is 4.13. The van der Waals surface area contributed by atoms with Gasteiger partial charge in [0.05, 0.1) is 29.2 Å². The lowest BCUT2D eigenvalue weighted by molar-refractivity contribution is -0.0602. The number of hydrogen-bond acceptors (Lipinski definition) is 4. The van der Waals surface area contributed by atoms with E-state index in [1.807, 2.05) is 6.20 Å². The van der Waals surface area contributed by atoms with E-state index >= 15 is 0 Å². The van der Waals surface area contributed by atoms with Gasteiger partial charge in [-0.15, -0.1) is 0 Å². The van der Waals surface area contributed by atoms with Crippen LogP contribution in [0.2, 0.25) is 0 Å². The largest absolute Gasteiger partial charge is 0.374 e. The normalized spacial score (nSPS) is 27.8. The van der Waals surface area contributed by atoms with Gasteiger partial charge in [0, 0.05) is 18.4 Å². The average Bonchev–Trinajstić information content (AvgIpc) is 2.72. The molecule has 1 aliphatic heterocycles. The fourth-order valence-electron chi connectivity index (χ4n) is 1.79. The SMILES string of the molecule is BrCC1(Cc2cnsn2)CCCCO1. The van der Waals surface area contributed by atoms with Gasteiger partial charge in [-0.2, -0.15) is 8.75 Å². The lowest BCUT2D eigenvalue weighted by Crippen LogP contribution is -2.40. The van der Waals surface area contributed by atoms with E-state index < -0.39 is 0 Å². The van der Waals surface area contributed by atoms with Crippen molar-refractivity contribution in [3.63, 3.8) is 0 Å². The highest BCUT2D eigenvalue weighted by molar-refractivity contribution is 9.09. The lowest BCUT2D eigenvalue weighted by Gasteiger charge is -2.35. The van der Waals surface area contributed by atoms with Crippen molar-refractivity contribution in [3.8, 4) is 0 Å². The quantitative estimate of drug-likeness (QED) is 0.796. The van der Waals surface area contributed by atoms with Gasteiger partial charge in [0.25, 0.3) is 0 Å². The van der Waals surface area contributed by atoms with Crippen molar-refractivity contribution in [1.29, 1.82) is 0 Å². The minimum Gasteiger partial charge on any atom is -0.374 e. The summed E-state index contributed by atoms with van der Waals surface area (Å²) in [6.07, 6.45) is 6.28. The monoisotopic (exact) mass is 276 g/mol. The molecule has 1 fully saturated rings. The van der Waals surface area contributed by atoms with Crippen molar-refractivity contribution >= 4 is 27.7 Å². The van der Waals surface area contributed by atoms with E-state index in [0.29, 0.717) is 0 Å². The van der Waals surface area contributed by atoms with Gasteiger partial charge in [-0.25, -0.2) is 0 Å². The minimum absolute atomic E-state index is 0.0337. The summed E-state index contributed by atoms with van der Waals surface area (Å²) in [6, 6.07) is 0. The summed E-state index contributed by atoms with van der Waals surface area (Å²) in [5, 5.41) is 0.886. The number of rotatable bonds is 3. The molecule has 1 aromatic rings. The van der Waals surface area contributed by atoms with Crippen LogP contribution in [0.5, 0.6) is 0 Å². The molecule has 1 atom stereocenters. The molecule has 2 heterocycles. The van der Waals surface area contributed by atoms with Gasteiger partial charge in [0.15, 0.2) is 0 Å². The van der Waals surface area contributed by atoms with Crippen LogP contribution in [0.4, 0.5) is 0 Å². The Bertz CT molecular complexity index is 272. The molecule has 2 rings (SSSR count). The summed E-state index contributed by atoms with van der Waals surface area (Å²) in [7, 11) is 0. The zero-order chi connectivity index (χ0) is 9.86. The second kappa shape index (κ2) is 4.68. The van der Waals surface area contributed by atoms with Crippen LogP contribution in [-0.4, -0.2) is 26.3 Å². The minimum atomic E-state index is -0.0337. The highest BCUT2D eigenvalue weighted by Crippen LogP contribution is 2.30. The highest BCUT2D eigenvalue weighted by atomic mass is 79.9. The molecule has 78 valence electrons. The van der Waals surface area contributed by atoms with Crippen molar-refractivity contribution in [2.45, 2.75) is 31.3 Å². The molecule has 1 saturated heterocycles. The summed E-state index contributed by atoms with van der Waals surface area (Å²) < 4.78 is 14.1. The molecule has 0 aliphatic carbocycles. The van der Waals surface area contributed by atoms with E-state index in [1.165, 1.54) is 24.6 Å². The first-order valence-electron chi connectivity index (χ1n) is 4.81. The molecular weight excluding hydrogens is 264 g/mol. The number of hydrogen-bond donors (Lipinski definition) is 0. The third-order valence-electron chi connectivity index (χ3n) is 2.59. The number of aromatic nitrogens is 2. The van der Waals surface area contributed by atoms with Gasteiger partial charge in [-0.3, -0.25) is 0 Å². The molecule has 0 radical (unpaired) electrons. The summed E-state index contributed by atoms with van der Waals surface area (Å²) >= 11 is 4.81. The van der Waals surface area contributed by atoms with Crippen molar-refractivity contribution in [2.24, 2.45) is 0 Å². The predicted octanol–water partition coefficient (Wildman–Crippen LogP) is 2.41. The summed E-state index contributed by atoms with van der Waals surface area (Å²) in [5.74, 6) is 0. The van der Waals surface area contributed by atoms with E-state index in [1.54, 1.807) is 0 Å². The van der Waals surface area contributed by atoms with Gasteiger partial charge >= 0.3 is 0 Å². The molecule has 14 heavy (non-hydrogen) atoms. The van der Waals surface area contributed by atoms with Crippen LogP contribution in [0.3, 0.4) is 0 Å². The zero-order valence-electron chi connectivity index (χ0n) is 7.91. The second-order valence-electron chi connectivity index (χ2n) is 3.70. The van der Waals surface area contributed by atoms with Crippen LogP contribution in [0.1, 0.15) is 25.0 Å². The summed E-state index contributed by atoms with van der Waals surface area (Å²) in [4.78, 5) is 0. The van der Waals surface area contributed by atoms with E-state index in [4.69, 9.17) is 4.74 Å². The maximum absolute atomic E-state index is 5.88. The fourth-order valence-corrected chi connectivity index (χ4v) is 2.87. The van der Waals surface area contributed by atoms with E-state index in [0.717, 1.165) is 30.5 Å². The van der Waals surface area contributed by atoms with Crippen LogP contribution in [0.25, 0.3) is 0 Å². The van der Waals surface area contributed by atoms with Crippen molar-refractivity contribution in [1.82, 2.24) is 8.75 Å². The molecule has 0 aromatic carbocycles. The molecule has 0 amide bonds. The Morgan fingerprint density at radius 3 is 3.07 bits per heavy atom. The molecule has 0 saturated carbocycles. The van der Waals surface area contributed by atoms with Crippen molar-refractivity contribution < 1.29 is 4.74 Å². The first kappa shape index (κ1) is 10.5. The van der Waals surface area contributed by atoms with Gasteiger partial charge in [-0.1, -0.05) is 15.9 Å². The van der Waals surface area contributed by atoms with Crippen LogP contribution in [0, 0.1) is 0 Å². The molecule has 0 N–H and O–H groups in total. The standard InChI is InChI=1S/C9H13BrN2OS/c10-7-9(3-1-2-4-13-9)5-8-6-11-14-12-8/h6H,1-5,7H2. The van der Waals surface area contributed by atoms with E-state index in [2.05, 4.69) is 24.7 Å². The maximum Gasteiger partial charge on any atom is 0.0835 e. The molecule has 1 aromatic heterocycles. The maximum atomic E-state index is 5.88. The predicted molar refractivity (Wildman–Crippen MR) is 59.9 cm³/mol. The Hall–Kier alpha value is -0.0000000000000000486. The van der Waals surface area contributed by atoms with Crippen LogP contribution < -0.4 is 0 Å². The smallest absolute Gasteiger partial charge is 0.0835 e. The zero-order valence-corrected chi connectivity index (χ0v) is 10.3. The Morgan fingerprint density at radius 1 is 1.57 bits per heavy atom. The topological polar surface area (TPSA) is 35.0 Å². The summed E-state index contributed by atoms with van der Waals surface area (Å²) in [6.45, 7) is 0.878. The Balaban J connectivity index is 2.04. The van der Waals surface area contributed by atoms with Gasteiger partial charge < -0.3 is 4.74 Å². The van der Waals surface area contributed by atoms with Crippen LogP contribution in [-0.2, 0) is 11.2 Å². The molecule has 0 bridgehead atoms. The molecular formula is C9H13BrN2OS. The molecule has 0 spiro atoms. The molecule has 3 nitrogen and oxygen atoms in total. The number of ether oxygens (including phenoxy) is 1. The fraction of sp³-hybridized carbons (Fsp3) is 0.778. The lowest BCUT2D eigenvalue weighted by atomic mass is 9.91. The van der Waals surface area contributed by atoms with Crippen molar-refractivity contribution in [2.75, 3.05) is 11.9 Å². The first-order valence-corrected chi connectivity index (χ1v) is 6.66. The van der Waals surface area contributed by atoms with Crippen LogP contribution >= 0.6 is 27.7 Å². The number of nitrogens with zero attached hydrogens (tertiary/aromatic N) is 2. The highest BCUT2D eigenvalue weighted by Gasteiger charge is 2.33. The molecule has 1 unspecified atom stereocenters. The Kier molecular flexibility index (Phi) is 3.52.